The molecule has 0 bridgehead atoms. The van der Waals surface area contributed by atoms with Crippen LogP contribution in [0.2, 0.25) is 0 Å². The monoisotopic (exact) mass is 431 g/mol. The summed E-state index contributed by atoms with van der Waals surface area (Å²) >= 11 is 3.58. The molecule has 144 valence electrons. The van der Waals surface area contributed by atoms with Gasteiger partial charge in [0.15, 0.2) is 5.88 Å². The summed E-state index contributed by atoms with van der Waals surface area (Å²) in [5.41, 5.74) is 5.05. The molecule has 0 unspecified atom stereocenters. The highest BCUT2D eigenvalue weighted by Gasteiger charge is 2.12. The molecule has 2 rings (SSSR count). The number of allylic oxidation sites excluding steroid dienone is 1. The first-order chi connectivity index (χ1) is 12.9. The van der Waals surface area contributed by atoms with Gasteiger partial charge in [-0.15, -0.1) is 0 Å². The second kappa shape index (κ2) is 9.46. The first-order valence-electron chi connectivity index (χ1n) is 8.63. The largest absolute Gasteiger partial charge is 0.489 e. The Balaban J connectivity index is 2.21. The molecule has 0 spiro atoms. The van der Waals surface area contributed by atoms with Crippen LogP contribution in [-0.2, 0) is 11.3 Å². The average molecular weight is 432 g/mol. The predicted octanol–water partition coefficient (Wildman–Crippen LogP) is 4.84. The zero-order valence-electron chi connectivity index (χ0n) is 16.4. The fourth-order valence-corrected chi connectivity index (χ4v) is 3.31. The molecule has 0 saturated heterocycles. The van der Waals surface area contributed by atoms with Crippen LogP contribution in [0.15, 0.2) is 52.3 Å². The van der Waals surface area contributed by atoms with Gasteiger partial charge in [-0.25, -0.2) is 0 Å². The van der Waals surface area contributed by atoms with Crippen LogP contribution < -0.4 is 15.4 Å². The molecule has 0 aliphatic heterocycles. The minimum Gasteiger partial charge on any atom is -0.489 e. The van der Waals surface area contributed by atoms with Gasteiger partial charge in [0.2, 0.25) is 0 Å². The second-order valence-corrected chi connectivity index (χ2v) is 6.92. The van der Waals surface area contributed by atoms with E-state index in [0.717, 1.165) is 38.2 Å². The molecule has 0 aromatic heterocycles. The summed E-state index contributed by atoms with van der Waals surface area (Å²) in [6, 6.07) is 11.8. The van der Waals surface area contributed by atoms with Gasteiger partial charge < -0.3 is 20.1 Å². The van der Waals surface area contributed by atoms with E-state index in [1.165, 1.54) is 0 Å². The molecule has 0 radical (unpaired) electrons. The zero-order valence-corrected chi connectivity index (χ0v) is 18.0. The van der Waals surface area contributed by atoms with Crippen molar-refractivity contribution in [2.45, 2.75) is 20.5 Å². The van der Waals surface area contributed by atoms with Gasteiger partial charge in [0.1, 0.15) is 12.4 Å². The summed E-state index contributed by atoms with van der Waals surface area (Å²) in [7, 11) is 5.26. The van der Waals surface area contributed by atoms with Crippen LogP contribution in [0.25, 0.3) is 0 Å². The van der Waals surface area contributed by atoms with Crippen molar-refractivity contribution in [3.05, 3.63) is 69.0 Å². The van der Waals surface area contributed by atoms with Crippen LogP contribution >= 0.6 is 15.9 Å². The van der Waals surface area contributed by atoms with Gasteiger partial charge in [0.25, 0.3) is 0 Å². The lowest BCUT2D eigenvalue weighted by atomic mass is 10.0. The van der Waals surface area contributed by atoms with Gasteiger partial charge in [-0.2, -0.15) is 0 Å². The Labute approximate surface area is 169 Å². The Kier molecular flexibility index (Phi) is 7.30. The highest BCUT2D eigenvalue weighted by molar-refractivity contribution is 9.10. The molecule has 0 amide bonds. The molecule has 0 fully saturated rings. The topological polar surface area (TPSA) is 66.4 Å². The van der Waals surface area contributed by atoms with E-state index in [0.29, 0.717) is 18.2 Å². The van der Waals surface area contributed by atoms with E-state index in [9.17, 15) is 0 Å². The van der Waals surface area contributed by atoms with Crippen LogP contribution in [0.1, 0.15) is 23.6 Å². The molecule has 2 aromatic rings. The quantitative estimate of drug-likeness (QED) is 0.413. The van der Waals surface area contributed by atoms with Crippen LogP contribution in [0.4, 0.5) is 5.69 Å². The summed E-state index contributed by atoms with van der Waals surface area (Å²) in [5.74, 6) is 1.39. The fraction of sp³-hybridized carbons (Fsp3) is 0.286. The van der Waals surface area contributed by atoms with Gasteiger partial charge in [-0.3, -0.25) is 5.41 Å². The van der Waals surface area contributed by atoms with Crippen molar-refractivity contribution in [3.63, 3.8) is 0 Å². The molecular formula is C21H26BrN3O2. The number of aryl methyl sites for hydroxylation is 1. The molecule has 0 saturated carbocycles. The summed E-state index contributed by atoms with van der Waals surface area (Å²) < 4.78 is 12.3. The van der Waals surface area contributed by atoms with Crippen molar-refractivity contribution < 1.29 is 9.47 Å². The number of hydrogen-bond donors (Lipinski definition) is 3. The number of benzene rings is 2. The van der Waals surface area contributed by atoms with Crippen molar-refractivity contribution in [3.8, 4) is 5.75 Å². The number of nitrogens with one attached hydrogen (secondary N) is 3. The molecule has 2 aromatic carbocycles. The van der Waals surface area contributed by atoms with Gasteiger partial charge in [-0.1, -0.05) is 22.0 Å². The number of hydrogen-bond acceptors (Lipinski definition) is 5. The van der Waals surface area contributed by atoms with E-state index in [1.54, 1.807) is 14.2 Å². The number of methoxy groups -OCH3 is 1. The van der Waals surface area contributed by atoms with Crippen LogP contribution in [0.5, 0.6) is 5.75 Å². The third-order valence-electron chi connectivity index (χ3n) is 4.37. The van der Waals surface area contributed by atoms with Gasteiger partial charge in [0, 0.05) is 41.0 Å². The normalized spacial score (nSPS) is 11.5. The van der Waals surface area contributed by atoms with E-state index >= 15 is 0 Å². The van der Waals surface area contributed by atoms with Crippen LogP contribution in [-0.4, -0.2) is 26.9 Å². The predicted molar refractivity (Wildman–Crippen MR) is 115 cm³/mol. The molecule has 0 heterocycles. The van der Waals surface area contributed by atoms with Crippen molar-refractivity contribution in [1.29, 1.82) is 5.41 Å². The molecule has 0 aliphatic rings. The number of rotatable bonds is 8. The molecule has 5 nitrogen and oxygen atoms in total. The zero-order chi connectivity index (χ0) is 20.0. The molecule has 6 heteroatoms. The SMILES string of the molecule is CN/C(OC)=C(/C)C(=N)c1ccc(OCc2c(Br)cccc2NC)c(C)c1. The number of anilines is 1. The van der Waals surface area contributed by atoms with E-state index < -0.39 is 0 Å². The second-order valence-electron chi connectivity index (χ2n) is 6.07. The Bertz CT molecular complexity index is 857. The maximum absolute atomic E-state index is 8.42. The van der Waals surface area contributed by atoms with Crippen molar-refractivity contribution >= 4 is 27.3 Å². The fourth-order valence-electron chi connectivity index (χ4n) is 2.83. The molecule has 0 aliphatic carbocycles. The third kappa shape index (κ3) is 4.83. The first kappa shape index (κ1) is 20.8. The van der Waals surface area contributed by atoms with E-state index in [2.05, 4.69) is 26.6 Å². The summed E-state index contributed by atoms with van der Waals surface area (Å²) in [6.45, 7) is 4.30. The summed E-state index contributed by atoms with van der Waals surface area (Å²) in [4.78, 5) is 0. The van der Waals surface area contributed by atoms with Gasteiger partial charge >= 0.3 is 0 Å². The Morgan fingerprint density at radius 2 is 1.93 bits per heavy atom. The van der Waals surface area contributed by atoms with E-state index in [4.69, 9.17) is 14.9 Å². The standard InChI is InChI=1S/C21H26BrN3O2/c1-13-11-15(20(23)14(2)21(25-4)26-5)9-10-19(13)27-12-16-17(22)7-6-8-18(16)24-3/h6-11,23-25H,12H2,1-5H3/b21-14+,23-20?. The lowest BCUT2D eigenvalue weighted by Gasteiger charge is -2.15. The van der Waals surface area contributed by atoms with E-state index in [-0.39, 0.29) is 0 Å². The Morgan fingerprint density at radius 3 is 2.52 bits per heavy atom. The average Bonchev–Trinajstić information content (AvgIpc) is 2.67. The highest BCUT2D eigenvalue weighted by atomic mass is 79.9. The van der Waals surface area contributed by atoms with Crippen LogP contribution in [0.3, 0.4) is 0 Å². The minimum absolute atomic E-state index is 0.416. The maximum Gasteiger partial charge on any atom is 0.191 e. The number of halogens is 1. The maximum atomic E-state index is 8.42. The van der Waals surface area contributed by atoms with E-state index in [1.807, 2.05) is 57.3 Å². The van der Waals surface area contributed by atoms with Gasteiger partial charge in [0.05, 0.1) is 12.8 Å². The highest BCUT2D eigenvalue weighted by Crippen LogP contribution is 2.28. The van der Waals surface area contributed by atoms with Crippen molar-refractivity contribution in [2.75, 3.05) is 26.5 Å². The lowest BCUT2D eigenvalue weighted by molar-refractivity contribution is 0.265. The summed E-state index contributed by atoms with van der Waals surface area (Å²) in [5, 5.41) is 14.6. The number of ether oxygens (including phenoxy) is 2. The molecule has 27 heavy (non-hydrogen) atoms. The van der Waals surface area contributed by atoms with Crippen molar-refractivity contribution in [1.82, 2.24) is 5.32 Å². The molecule has 0 atom stereocenters. The molecular weight excluding hydrogens is 406 g/mol. The smallest absolute Gasteiger partial charge is 0.191 e. The van der Waals surface area contributed by atoms with Crippen LogP contribution in [0, 0.1) is 12.3 Å². The Morgan fingerprint density at radius 1 is 1.19 bits per heavy atom. The third-order valence-corrected chi connectivity index (χ3v) is 5.11. The van der Waals surface area contributed by atoms with Crippen molar-refractivity contribution in [2.24, 2.45) is 0 Å². The first-order valence-corrected chi connectivity index (χ1v) is 9.42. The summed E-state index contributed by atoms with van der Waals surface area (Å²) in [6.07, 6.45) is 0. The minimum atomic E-state index is 0.416. The lowest BCUT2D eigenvalue weighted by Crippen LogP contribution is -2.15. The van der Waals surface area contributed by atoms with Gasteiger partial charge in [-0.05, 0) is 49.7 Å². The Hall–Kier alpha value is -2.47. The molecule has 3 N–H and O–H groups in total.